The molecule has 0 aliphatic heterocycles. The third-order valence-electron chi connectivity index (χ3n) is 2.76. The van der Waals surface area contributed by atoms with Crippen LogP contribution in [-0.4, -0.2) is 6.03 Å². The van der Waals surface area contributed by atoms with Crippen LogP contribution in [0.3, 0.4) is 0 Å². The maximum atomic E-state index is 13.3. The highest BCUT2D eigenvalue weighted by atomic mass is 19.1. The summed E-state index contributed by atoms with van der Waals surface area (Å²) in [5.74, 6) is -0.678. The van der Waals surface area contributed by atoms with Crippen molar-refractivity contribution in [3.63, 3.8) is 0 Å². The van der Waals surface area contributed by atoms with Gasteiger partial charge in [0.05, 0.1) is 0 Å². The smallest absolute Gasteiger partial charge is 0.319 e. The van der Waals surface area contributed by atoms with Crippen molar-refractivity contribution in [1.82, 2.24) is 10.6 Å². The Morgan fingerprint density at radius 1 is 1.05 bits per heavy atom. The van der Waals surface area contributed by atoms with E-state index in [0.717, 1.165) is 5.56 Å². The zero-order valence-corrected chi connectivity index (χ0v) is 11.1. The maximum Gasteiger partial charge on any atom is 0.319 e. The number of hydrogen-bond acceptors (Lipinski definition) is 1. The topological polar surface area (TPSA) is 41.1 Å². The van der Waals surface area contributed by atoms with E-state index in [0.29, 0.717) is 5.56 Å². The summed E-state index contributed by atoms with van der Waals surface area (Å²) < 4.78 is 26.0. The van der Waals surface area contributed by atoms with Crippen LogP contribution in [0.25, 0.3) is 6.08 Å². The van der Waals surface area contributed by atoms with Gasteiger partial charge in [0.2, 0.25) is 0 Å². The van der Waals surface area contributed by atoms with E-state index in [2.05, 4.69) is 10.6 Å². The van der Waals surface area contributed by atoms with Crippen LogP contribution in [0.2, 0.25) is 0 Å². The normalized spacial score (nSPS) is 10.6. The Labute approximate surface area is 121 Å². The van der Waals surface area contributed by atoms with Crippen LogP contribution < -0.4 is 10.6 Å². The summed E-state index contributed by atoms with van der Waals surface area (Å²) in [7, 11) is 0. The highest BCUT2D eigenvalue weighted by molar-refractivity contribution is 5.75. The van der Waals surface area contributed by atoms with Crippen LogP contribution in [0.1, 0.15) is 11.1 Å². The number of carbonyl (C=O) groups excluding carboxylic acids is 1. The average molecular weight is 288 g/mol. The molecule has 2 rings (SSSR count). The van der Waals surface area contributed by atoms with Gasteiger partial charge in [-0.2, -0.15) is 0 Å². The molecule has 0 aromatic heterocycles. The van der Waals surface area contributed by atoms with Crippen molar-refractivity contribution >= 4 is 12.1 Å². The Kier molecular flexibility index (Phi) is 5.04. The number of rotatable bonds is 4. The molecule has 21 heavy (non-hydrogen) atoms. The fourth-order valence-corrected chi connectivity index (χ4v) is 1.66. The van der Waals surface area contributed by atoms with E-state index in [1.54, 1.807) is 36.4 Å². The van der Waals surface area contributed by atoms with Crippen LogP contribution in [0, 0.1) is 11.6 Å². The van der Waals surface area contributed by atoms with Gasteiger partial charge < -0.3 is 10.6 Å². The number of nitrogens with one attached hydrogen (secondary N) is 2. The van der Waals surface area contributed by atoms with Gasteiger partial charge in [0.1, 0.15) is 11.6 Å². The molecule has 2 N–H and O–H groups in total. The first-order chi connectivity index (χ1) is 10.1. The largest absolute Gasteiger partial charge is 0.334 e. The summed E-state index contributed by atoms with van der Waals surface area (Å²) in [6.45, 7) is 0.100. The van der Waals surface area contributed by atoms with E-state index in [-0.39, 0.29) is 18.2 Å². The van der Waals surface area contributed by atoms with Crippen LogP contribution in [0.15, 0.2) is 54.7 Å². The Hall–Kier alpha value is -2.69. The molecular weight excluding hydrogens is 274 g/mol. The maximum absolute atomic E-state index is 13.3. The second kappa shape index (κ2) is 7.19. The second-order valence-corrected chi connectivity index (χ2v) is 4.30. The molecule has 2 aromatic rings. The van der Waals surface area contributed by atoms with Gasteiger partial charge >= 0.3 is 6.03 Å². The summed E-state index contributed by atoms with van der Waals surface area (Å²) >= 11 is 0. The van der Waals surface area contributed by atoms with Crippen LogP contribution in [-0.2, 0) is 6.54 Å². The zero-order chi connectivity index (χ0) is 15.1. The molecular formula is C16H14F2N2O. The third kappa shape index (κ3) is 4.72. The van der Waals surface area contributed by atoms with Gasteiger partial charge in [-0.25, -0.2) is 13.6 Å². The molecule has 0 unspecified atom stereocenters. The predicted molar refractivity (Wildman–Crippen MR) is 77.2 cm³/mol. The van der Waals surface area contributed by atoms with Gasteiger partial charge in [0.15, 0.2) is 0 Å². The molecule has 0 aliphatic carbocycles. The molecule has 0 atom stereocenters. The van der Waals surface area contributed by atoms with Crippen molar-refractivity contribution in [2.45, 2.75) is 6.54 Å². The first kappa shape index (κ1) is 14.7. The second-order valence-electron chi connectivity index (χ2n) is 4.30. The Balaban J connectivity index is 1.80. The molecule has 0 spiro atoms. The van der Waals surface area contributed by atoms with Gasteiger partial charge in [-0.05, 0) is 29.8 Å². The lowest BCUT2D eigenvalue weighted by molar-refractivity contribution is 0.243. The van der Waals surface area contributed by atoms with Gasteiger partial charge in [-0.3, -0.25) is 0 Å². The minimum absolute atomic E-state index is 0.100. The van der Waals surface area contributed by atoms with Crippen LogP contribution in [0.4, 0.5) is 13.6 Å². The quantitative estimate of drug-likeness (QED) is 0.889. The number of amides is 2. The summed E-state index contributed by atoms with van der Waals surface area (Å²) in [4.78, 5) is 11.5. The molecule has 0 saturated carbocycles. The van der Waals surface area contributed by atoms with Gasteiger partial charge in [-0.15, -0.1) is 0 Å². The molecule has 0 heterocycles. The van der Waals surface area contributed by atoms with E-state index < -0.39 is 6.03 Å². The summed E-state index contributed by atoms with van der Waals surface area (Å²) in [6, 6.07) is 11.6. The Bertz CT molecular complexity index is 639. The molecule has 0 radical (unpaired) electrons. The molecule has 108 valence electrons. The van der Waals surface area contributed by atoms with Crippen molar-refractivity contribution in [2.24, 2.45) is 0 Å². The van der Waals surface area contributed by atoms with Crippen molar-refractivity contribution in [2.75, 3.05) is 0 Å². The zero-order valence-electron chi connectivity index (χ0n) is 11.1. The number of urea groups is 1. The highest BCUT2D eigenvalue weighted by Gasteiger charge is 2.02. The minimum Gasteiger partial charge on any atom is -0.334 e. The minimum atomic E-state index is -0.448. The molecule has 2 amide bonds. The SMILES string of the molecule is O=C(N/C=C/c1ccc(F)cc1)NCc1ccccc1F. The number of halogens is 2. The lowest BCUT2D eigenvalue weighted by Gasteiger charge is -2.05. The lowest BCUT2D eigenvalue weighted by Crippen LogP contribution is -2.31. The lowest BCUT2D eigenvalue weighted by atomic mass is 10.2. The number of benzene rings is 2. The van der Waals surface area contributed by atoms with E-state index in [9.17, 15) is 13.6 Å². The van der Waals surface area contributed by atoms with Gasteiger partial charge in [-0.1, -0.05) is 30.3 Å². The molecule has 0 saturated heterocycles. The molecule has 0 bridgehead atoms. The van der Waals surface area contributed by atoms with Crippen molar-refractivity contribution < 1.29 is 13.6 Å². The monoisotopic (exact) mass is 288 g/mol. The first-order valence-corrected chi connectivity index (χ1v) is 6.35. The summed E-state index contributed by atoms with van der Waals surface area (Å²) in [5, 5.41) is 5.02. The highest BCUT2D eigenvalue weighted by Crippen LogP contribution is 2.05. The molecule has 0 fully saturated rings. The Morgan fingerprint density at radius 2 is 1.76 bits per heavy atom. The fourth-order valence-electron chi connectivity index (χ4n) is 1.66. The van der Waals surface area contributed by atoms with Gasteiger partial charge in [0.25, 0.3) is 0 Å². The van der Waals surface area contributed by atoms with E-state index >= 15 is 0 Å². The average Bonchev–Trinajstić information content (AvgIpc) is 2.48. The third-order valence-corrected chi connectivity index (χ3v) is 2.76. The summed E-state index contributed by atoms with van der Waals surface area (Å²) in [5.41, 5.74) is 1.17. The van der Waals surface area contributed by atoms with Crippen LogP contribution >= 0.6 is 0 Å². The Morgan fingerprint density at radius 3 is 2.48 bits per heavy atom. The van der Waals surface area contributed by atoms with Gasteiger partial charge in [0, 0.05) is 18.3 Å². The molecule has 3 nitrogen and oxygen atoms in total. The summed E-state index contributed by atoms with van der Waals surface area (Å²) in [6.07, 6.45) is 3.06. The standard InChI is InChI=1S/C16H14F2N2O/c17-14-7-5-12(6-8-14)9-10-19-16(21)20-11-13-3-1-2-4-15(13)18/h1-10H,11H2,(H2,19,20,21)/b10-9+. The van der Waals surface area contributed by atoms with Crippen LogP contribution in [0.5, 0.6) is 0 Å². The number of hydrogen-bond donors (Lipinski definition) is 2. The molecule has 2 aromatic carbocycles. The predicted octanol–water partition coefficient (Wildman–Crippen LogP) is 3.43. The fraction of sp³-hybridized carbons (Fsp3) is 0.0625. The van der Waals surface area contributed by atoms with E-state index in [4.69, 9.17) is 0 Å². The van der Waals surface area contributed by atoms with Crippen molar-refractivity contribution in [3.8, 4) is 0 Å². The van der Waals surface area contributed by atoms with Crippen molar-refractivity contribution in [1.29, 1.82) is 0 Å². The molecule has 0 aliphatic rings. The van der Waals surface area contributed by atoms with Crippen molar-refractivity contribution in [3.05, 3.63) is 77.5 Å². The van der Waals surface area contributed by atoms with E-state index in [1.807, 2.05) is 0 Å². The first-order valence-electron chi connectivity index (χ1n) is 6.35. The molecule has 5 heteroatoms. The number of carbonyl (C=O) groups is 1. The van der Waals surface area contributed by atoms with E-state index in [1.165, 1.54) is 24.4 Å².